The first kappa shape index (κ1) is 20.9. The molecule has 1 atom stereocenters. The van der Waals surface area contributed by atoms with Crippen molar-refractivity contribution in [1.82, 2.24) is 15.1 Å². The summed E-state index contributed by atoms with van der Waals surface area (Å²) >= 11 is 0. The molecule has 8 heteroatoms. The van der Waals surface area contributed by atoms with Crippen LogP contribution in [0.3, 0.4) is 0 Å². The predicted molar refractivity (Wildman–Crippen MR) is 99.9 cm³/mol. The molecular weight excluding hydrogens is 371 g/mol. The van der Waals surface area contributed by atoms with Crippen LogP contribution in [0.15, 0.2) is 30.3 Å². The number of carbonyl (C=O) groups excluding carboxylic acids is 1. The van der Waals surface area contributed by atoms with Crippen molar-refractivity contribution in [2.45, 2.75) is 31.5 Å². The van der Waals surface area contributed by atoms with E-state index >= 15 is 0 Å². The number of halogens is 3. The SMILES string of the molecule is O=C(NC(c1ccccc1)C1CC1)N1CCN(CCCOCC(F)(F)F)CC1. The van der Waals surface area contributed by atoms with Gasteiger partial charge in [-0.15, -0.1) is 0 Å². The van der Waals surface area contributed by atoms with E-state index in [4.69, 9.17) is 0 Å². The summed E-state index contributed by atoms with van der Waals surface area (Å²) in [5.41, 5.74) is 1.15. The zero-order valence-corrected chi connectivity index (χ0v) is 16.0. The predicted octanol–water partition coefficient (Wildman–Crippen LogP) is 3.43. The second-order valence-electron chi connectivity index (χ2n) is 7.53. The third kappa shape index (κ3) is 6.67. The molecule has 156 valence electrons. The molecule has 1 saturated carbocycles. The number of carbonyl (C=O) groups is 1. The van der Waals surface area contributed by atoms with Gasteiger partial charge in [-0.3, -0.25) is 4.90 Å². The van der Waals surface area contributed by atoms with E-state index in [2.05, 4.69) is 27.1 Å². The lowest BCUT2D eigenvalue weighted by Gasteiger charge is -2.35. The van der Waals surface area contributed by atoms with Crippen molar-refractivity contribution in [3.8, 4) is 0 Å². The van der Waals surface area contributed by atoms with Crippen LogP contribution in [0.4, 0.5) is 18.0 Å². The Bertz CT molecular complexity index is 615. The smallest absolute Gasteiger partial charge is 0.372 e. The van der Waals surface area contributed by atoms with Crippen molar-refractivity contribution >= 4 is 6.03 Å². The Labute approximate surface area is 163 Å². The zero-order chi connectivity index (χ0) is 20.0. The number of hydrogen-bond donors (Lipinski definition) is 1. The maximum absolute atomic E-state index is 12.7. The Hall–Kier alpha value is -1.80. The standard InChI is InChI=1S/C20H28F3N3O2/c21-20(22,23)15-28-14-4-9-25-10-12-26(13-11-25)19(27)24-18(17-7-8-17)16-5-2-1-3-6-16/h1-3,5-6,17-18H,4,7-15H2,(H,24,27). The normalized spacial score (nSPS) is 19.5. The molecule has 1 saturated heterocycles. The monoisotopic (exact) mass is 399 g/mol. The van der Waals surface area contributed by atoms with E-state index in [1.165, 1.54) is 0 Å². The van der Waals surface area contributed by atoms with Crippen LogP contribution in [0.1, 0.15) is 30.9 Å². The molecule has 1 aromatic rings. The summed E-state index contributed by atoms with van der Waals surface area (Å²) in [5, 5.41) is 3.20. The molecule has 3 rings (SSSR count). The molecule has 2 amide bonds. The van der Waals surface area contributed by atoms with Gasteiger partial charge >= 0.3 is 12.2 Å². The Morgan fingerprint density at radius 2 is 1.82 bits per heavy atom. The maximum Gasteiger partial charge on any atom is 0.411 e. The molecule has 0 spiro atoms. The molecule has 0 aromatic heterocycles. The Morgan fingerprint density at radius 3 is 2.43 bits per heavy atom. The fourth-order valence-electron chi connectivity index (χ4n) is 3.54. The minimum Gasteiger partial charge on any atom is -0.372 e. The molecule has 28 heavy (non-hydrogen) atoms. The van der Waals surface area contributed by atoms with Crippen molar-refractivity contribution in [3.63, 3.8) is 0 Å². The van der Waals surface area contributed by atoms with Crippen LogP contribution in [0.5, 0.6) is 0 Å². The highest BCUT2D eigenvalue weighted by Crippen LogP contribution is 2.41. The summed E-state index contributed by atoms with van der Waals surface area (Å²) in [6.45, 7) is 2.30. The highest BCUT2D eigenvalue weighted by Gasteiger charge is 2.34. The number of alkyl halides is 3. The maximum atomic E-state index is 12.7. The van der Waals surface area contributed by atoms with Crippen molar-refractivity contribution in [2.75, 3.05) is 45.9 Å². The van der Waals surface area contributed by atoms with Crippen molar-refractivity contribution in [3.05, 3.63) is 35.9 Å². The number of hydrogen-bond acceptors (Lipinski definition) is 3. The fraction of sp³-hybridized carbons (Fsp3) is 0.650. The molecule has 1 unspecified atom stereocenters. The molecule has 2 fully saturated rings. The Kier molecular flexibility index (Phi) is 7.18. The third-order valence-corrected chi connectivity index (χ3v) is 5.22. The number of nitrogens with zero attached hydrogens (tertiary/aromatic N) is 2. The van der Waals surface area contributed by atoms with Gasteiger partial charge < -0.3 is 15.0 Å². The van der Waals surface area contributed by atoms with Gasteiger partial charge in [-0.2, -0.15) is 13.2 Å². The Morgan fingerprint density at radius 1 is 1.14 bits per heavy atom. The van der Waals surface area contributed by atoms with E-state index < -0.39 is 12.8 Å². The number of rotatable bonds is 8. The zero-order valence-electron chi connectivity index (χ0n) is 16.0. The van der Waals surface area contributed by atoms with E-state index in [1.54, 1.807) is 0 Å². The third-order valence-electron chi connectivity index (χ3n) is 5.22. The van der Waals surface area contributed by atoms with E-state index in [9.17, 15) is 18.0 Å². The van der Waals surface area contributed by atoms with E-state index in [0.717, 1.165) is 31.5 Å². The summed E-state index contributed by atoms with van der Waals surface area (Å²) in [7, 11) is 0. The topological polar surface area (TPSA) is 44.8 Å². The first-order valence-electron chi connectivity index (χ1n) is 9.89. The first-order valence-corrected chi connectivity index (χ1v) is 9.89. The fourth-order valence-corrected chi connectivity index (χ4v) is 3.54. The number of nitrogens with one attached hydrogen (secondary N) is 1. The molecule has 1 aliphatic heterocycles. The summed E-state index contributed by atoms with van der Waals surface area (Å²) in [5.74, 6) is 0.518. The molecule has 1 aliphatic carbocycles. The van der Waals surface area contributed by atoms with Gasteiger partial charge in [-0.05, 0) is 30.7 Å². The van der Waals surface area contributed by atoms with Gasteiger partial charge in [0.1, 0.15) is 6.61 Å². The van der Waals surface area contributed by atoms with Crippen LogP contribution in [-0.4, -0.2) is 67.9 Å². The van der Waals surface area contributed by atoms with Gasteiger partial charge in [0.25, 0.3) is 0 Å². The van der Waals surface area contributed by atoms with Gasteiger partial charge in [-0.1, -0.05) is 30.3 Å². The molecule has 5 nitrogen and oxygen atoms in total. The van der Waals surface area contributed by atoms with Crippen molar-refractivity contribution < 1.29 is 22.7 Å². The molecule has 0 bridgehead atoms. The van der Waals surface area contributed by atoms with E-state index in [-0.39, 0.29) is 18.7 Å². The number of urea groups is 1. The van der Waals surface area contributed by atoms with Gasteiger partial charge in [0, 0.05) is 39.3 Å². The van der Waals surface area contributed by atoms with Crippen LogP contribution in [-0.2, 0) is 4.74 Å². The molecule has 1 aromatic carbocycles. The van der Waals surface area contributed by atoms with E-state index in [1.807, 2.05) is 23.1 Å². The van der Waals surface area contributed by atoms with Crippen LogP contribution < -0.4 is 5.32 Å². The highest BCUT2D eigenvalue weighted by molar-refractivity contribution is 5.75. The molecule has 1 heterocycles. The van der Waals surface area contributed by atoms with Gasteiger partial charge in [0.15, 0.2) is 0 Å². The lowest BCUT2D eigenvalue weighted by molar-refractivity contribution is -0.174. The van der Waals surface area contributed by atoms with Gasteiger partial charge in [0.2, 0.25) is 0 Å². The number of amides is 2. The Balaban J connectivity index is 1.37. The molecule has 2 aliphatic rings. The van der Waals surface area contributed by atoms with Crippen LogP contribution in [0, 0.1) is 5.92 Å². The summed E-state index contributed by atoms with van der Waals surface area (Å²) in [6, 6.07) is 10.1. The molecule has 0 radical (unpaired) electrons. The lowest BCUT2D eigenvalue weighted by atomic mass is 10.0. The van der Waals surface area contributed by atoms with Gasteiger partial charge in [-0.25, -0.2) is 4.79 Å². The minimum absolute atomic E-state index is 0.0334. The summed E-state index contributed by atoms with van der Waals surface area (Å²) in [4.78, 5) is 16.7. The number of benzene rings is 1. The quantitative estimate of drug-likeness (QED) is 0.682. The number of ether oxygens (including phenoxy) is 1. The lowest BCUT2D eigenvalue weighted by Crippen LogP contribution is -2.52. The second-order valence-corrected chi connectivity index (χ2v) is 7.53. The van der Waals surface area contributed by atoms with Crippen molar-refractivity contribution in [1.29, 1.82) is 0 Å². The molecule has 1 N–H and O–H groups in total. The average molecular weight is 399 g/mol. The minimum atomic E-state index is -4.27. The first-order chi connectivity index (χ1) is 13.4. The van der Waals surface area contributed by atoms with Crippen LogP contribution in [0.2, 0.25) is 0 Å². The van der Waals surface area contributed by atoms with Crippen LogP contribution >= 0.6 is 0 Å². The largest absolute Gasteiger partial charge is 0.411 e. The second kappa shape index (κ2) is 9.60. The van der Waals surface area contributed by atoms with Crippen LogP contribution in [0.25, 0.3) is 0 Å². The van der Waals surface area contributed by atoms with Crippen molar-refractivity contribution in [2.24, 2.45) is 5.92 Å². The molecular formula is C20H28F3N3O2. The van der Waals surface area contributed by atoms with E-state index in [0.29, 0.717) is 32.0 Å². The highest BCUT2D eigenvalue weighted by atomic mass is 19.4. The average Bonchev–Trinajstić information content (AvgIpc) is 3.51. The summed E-state index contributed by atoms with van der Waals surface area (Å²) in [6.07, 6.45) is -1.43. The number of piperazine rings is 1. The summed E-state index contributed by atoms with van der Waals surface area (Å²) < 4.78 is 40.7. The van der Waals surface area contributed by atoms with Gasteiger partial charge in [0.05, 0.1) is 6.04 Å².